The van der Waals surface area contributed by atoms with Crippen LogP contribution in [0, 0.1) is 10.1 Å². The Bertz CT molecular complexity index is 833. The molecule has 0 fully saturated rings. The molecule has 0 saturated carbocycles. The van der Waals surface area contributed by atoms with Gasteiger partial charge in [0.2, 0.25) is 10.0 Å². The SMILES string of the molecule is COc1ccc([N+](=O)[O-])cc1S(=O)(=O)NCC(c1ccco1)N(C)C. The highest BCUT2D eigenvalue weighted by molar-refractivity contribution is 7.89. The number of ether oxygens (including phenoxy) is 1. The van der Waals surface area contributed by atoms with E-state index in [1.807, 2.05) is 0 Å². The first-order valence-corrected chi connectivity index (χ1v) is 8.76. The van der Waals surface area contributed by atoms with E-state index in [1.165, 1.54) is 25.5 Å². The van der Waals surface area contributed by atoms with Crippen molar-refractivity contribution in [3.8, 4) is 5.75 Å². The summed E-state index contributed by atoms with van der Waals surface area (Å²) >= 11 is 0. The van der Waals surface area contributed by atoms with Gasteiger partial charge in [0.15, 0.2) is 0 Å². The first kappa shape index (κ1) is 18.9. The van der Waals surface area contributed by atoms with Crippen LogP contribution in [0.2, 0.25) is 0 Å². The van der Waals surface area contributed by atoms with Crippen molar-refractivity contribution in [3.05, 3.63) is 52.5 Å². The van der Waals surface area contributed by atoms with E-state index in [0.717, 1.165) is 6.07 Å². The van der Waals surface area contributed by atoms with Crippen molar-refractivity contribution in [2.45, 2.75) is 10.9 Å². The van der Waals surface area contributed by atoms with E-state index in [-0.39, 0.29) is 28.9 Å². The number of non-ortho nitro benzene ring substituents is 1. The molecule has 136 valence electrons. The van der Waals surface area contributed by atoms with Crippen LogP contribution in [0.25, 0.3) is 0 Å². The summed E-state index contributed by atoms with van der Waals surface area (Å²) in [4.78, 5) is 11.8. The Morgan fingerprint density at radius 1 is 1.36 bits per heavy atom. The Morgan fingerprint density at radius 2 is 2.08 bits per heavy atom. The Balaban J connectivity index is 2.29. The topological polar surface area (TPSA) is 115 Å². The zero-order chi connectivity index (χ0) is 18.6. The van der Waals surface area contributed by atoms with Gasteiger partial charge in [0.25, 0.3) is 5.69 Å². The minimum Gasteiger partial charge on any atom is -0.495 e. The minimum absolute atomic E-state index is 0.0225. The number of hydrogen-bond acceptors (Lipinski definition) is 7. The van der Waals surface area contributed by atoms with E-state index in [4.69, 9.17) is 9.15 Å². The molecule has 9 nitrogen and oxygen atoms in total. The molecule has 0 amide bonds. The second kappa shape index (κ2) is 7.64. The maximum Gasteiger partial charge on any atom is 0.271 e. The van der Waals surface area contributed by atoms with Crippen molar-refractivity contribution in [1.82, 2.24) is 9.62 Å². The van der Waals surface area contributed by atoms with Gasteiger partial charge < -0.3 is 9.15 Å². The van der Waals surface area contributed by atoms with Crippen molar-refractivity contribution in [3.63, 3.8) is 0 Å². The molecule has 0 saturated heterocycles. The van der Waals surface area contributed by atoms with Gasteiger partial charge in [0.1, 0.15) is 16.4 Å². The maximum atomic E-state index is 12.6. The van der Waals surface area contributed by atoms with Crippen LogP contribution in [-0.4, -0.2) is 46.0 Å². The molecule has 1 atom stereocenters. The van der Waals surface area contributed by atoms with Crippen LogP contribution < -0.4 is 9.46 Å². The normalized spacial score (nSPS) is 13.0. The number of nitro benzene ring substituents is 1. The van der Waals surface area contributed by atoms with Gasteiger partial charge in [-0.1, -0.05) is 0 Å². The number of nitrogens with zero attached hydrogens (tertiary/aromatic N) is 2. The Hall–Kier alpha value is -2.43. The van der Waals surface area contributed by atoms with Crippen LogP contribution in [0.15, 0.2) is 45.9 Å². The molecule has 0 aliphatic heterocycles. The van der Waals surface area contributed by atoms with Crippen LogP contribution >= 0.6 is 0 Å². The van der Waals surface area contributed by atoms with Crippen molar-refractivity contribution in [2.75, 3.05) is 27.7 Å². The second-order valence-electron chi connectivity index (χ2n) is 5.44. The monoisotopic (exact) mass is 369 g/mol. The fraction of sp³-hybridized carbons (Fsp3) is 0.333. The number of sulfonamides is 1. The smallest absolute Gasteiger partial charge is 0.271 e. The highest BCUT2D eigenvalue weighted by Gasteiger charge is 2.26. The lowest BCUT2D eigenvalue weighted by Gasteiger charge is -2.22. The summed E-state index contributed by atoms with van der Waals surface area (Å²) in [5.74, 6) is 0.621. The predicted molar refractivity (Wildman–Crippen MR) is 90.0 cm³/mol. The molecule has 1 unspecified atom stereocenters. The second-order valence-corrected chi connectivity index (χ2v) is 7.17. The summed E-state index contributed by atoms with van der Waals surface area (Å²) < 4.78 is 38.0. The number of hydrogen-bond donors (Lipinski definition) is 1. The third-order valence-electron chi connectivity index (χ3n) is 3.61. The fourth-order valence-electron chi connectivity index (χ4n) is 2.27. The number of furan rings is 1. The van der Waals surface area contributed by atoms with E-state index >= 15 is 0 Å². The molecule has 1 heterocycles. The number of nitro groups is 1. The molecular formula is C15H19N3O6S. The molecular weight excluding hydrogens is 350 g/mol. The highest BCUT2D eigenvalue weighted by atomic mass is 32.2. The Morgan fingerprint density at radius 3 is 2.60 bits per heavy atom. The molecule has 25 heavy (non-hydrogen) atoms. The van der Waals surface area contributed by atoms with Crippen molar-refractivity contribution in [2.24, 2.45) is 0 Å². The largest absolute Gasteiger partial charge is 0.495 e. The summed E-state index contributed by atoms with van der Waals surface area (Å²) in [7, 11) is 0.845. The Labute approximate surface area is 145 Å². The first-order valence-electron chi connectivity index (χ1n) is 7.28. The zero-order valence-corrected chi connectivity index (χ0v) is 14.8. The average Bonchev–Trinajstić information content (AvgIpc) is 3.08. The number of likely N-dealkylation sites (N-methyl/N-ethyl adjacent to an activating group) is 1. The van der Waals surface area contributed by atoms with Crippen molar-refractivity contribution >= 4 is 15.7 Å². The molecule has 0 aliphatic rings. The van der Waals surface area contributed by atoms with E-state index in [2.05, 4.69) is 4.72 Å². The van der Waals surface area contributed by atoms with Crippen LogP contribution in [0.3, 0.4) is 0 Å². The fourth-order valence-corrected chi connectivity index (χ4v) is 3.50. The van der Waals surface area contributed by atoms with E-state index < -0.39 is 14.9 Å². The lowest BCUT2D eigenvalue weighted by Crippen LogP contribution is -2.34. The van der Waals surface area contributed by atoms with Gasteiger partial charge in [0, 0.05) is 18.7 Å². The molecule has 2 rings (SSSR count). The minimum atomic E-state index is -4.03. The predicted octanol–water partition coefficient (Wildman–Crippen LogP) is 1.78. The van der Waals surface area contributed by atoms with Crippen LogP contribution in [0.4, 0.5) is 5.69 Å². The number of nitrogens with one attached hydrogen (secondary N) is 1. The number of rotatable bonds is 8. The third-order valence-corrected chi connectivity index (χ3v) is 5.05. The average molecular weight is 369 g/mol. The summed E-state index contributed by atoms with van der Waals surface area (Å²) in [6.45, 7) is 0.0225. The quantitative estimate of drug-likeness (QED) is 0.557. The number of benzene rings is 1. The van der Waals surface area contributed by atoms with Gasteiger partial charge in [-0.25, -0.2) is 13.1 Å². The molecule has 0 spiro atoms. The molecule has 10 heteroatoms. The Kier molecular flexibility index (Phi) is 5.77. The van der Waals surface area contributed by atoms with E-state index in [9.17, 15) is 18.5 Å². The lowest BCUT2D eigenvalue weighted by molar-refractivity contribution is -0.385. The summed E-state index contributed by atoms with van der Waals surface area (Å²) in [6, 6.07) is 6.52. The van der Waals surface area contributed by atoms with Crippen molar-refractivity contribution in [1.29, 1.82) is 0 Å². The molecule has 1 N–H and O–H groups in total. The zero-order valence-electron chi connectivity index (χ0n) is 14.0. The van der Waals surface area contributed by atoms with Crippen molar-refractivity contribution < 1.29 is 22.5 Å². The number of methoxy groups -OCH3 is 1. The van der Waals surface area contributed by atoms with Gasteiger partial charge in [-0.2, -0.15) is 0 Å². The van der Waals surface area contributed by atoms with Gasteiger partial charge in [-0.3, -0.25) is 15.0 Å². The van der Waals surface area contributed by atoms with Crippen LogP contribution in [0.1, 0.15) is 11.8 Å². The summed E-state index contributed by atoms with van der Waals surface area (Å²) in [6.07, 6.45) is 1.50. The van der Waals surface area contributed by atoms with Crippen LogP contribution in [0.5, 0.6) is 5.75 Å². The maximum absolute atomic E-state index is 12.6. The molecule has 0 aliphatic carbocycles. The first-order chi connectivity index (χ1) is 11.8. The van der Waals surface area contributed by atoms with E-state index in [0.29, 0.717) is 5.76 Å². The molecule has 0 bridgehead atoms. The standard InChI is InChI=1S/C15H19N3O6S/c1-17(2)12(13-5-4-8-24-13)10-16-25(21,22)15-9-11(18(19)20)6-7-14(15)23-3/h4-9,12,16H,10H2,1-3H3. The molecule has 2 aromatic rings. The summed E-state index contributed by atoms with van der Waals surface area (Å²) in [5.41, 5.74) is -0.337. The van der Waals surface area contributed by atoms with Crippen LogP contribution in [-0.2, 0) is 10.0 Å². The van der Waals surface area contributed by atoms with Gasteiger partial charge in [-0.15, -0.1) is 0 Å². The molecule has 1 aromatic heterocycles. The van der Waals surface area contributed by atoms with Gasteiger partial charge in [0.05, 0.1) is 24.3 Å². The summed E-state index contributed by atoms with van der Waals surface area (Å²) in [5, 5.41) is 10.9. The molecule has 1 aromatic carbocycles. The molecule has 0 radical (unpaired) electrons. The van der Waals surface area contributed by atoms with Gasteiger partial charge in [-0.05, 0) is 32.3 Å². The highest BCUT2D eigenvalue weighted by Crippen LogP contribution is 2.28. The lowest BCUT2D eigenvalue weighted by atomic mass is 10.2. The van der Waals surface area contributed by atoms with Gasteiger partial charge >= 0.3 is 0 Å². The van der Waals surface area contributed by atoms with E-state index in [1.54, 1.807) is 31.1 Å². The third kappa shape index (κ3) is 4.35.